The van der Waals surface area contributed by atoms with E-state index in [1.54, 1.807) is 0 Å². The Bertz CT molecular complexity index is 648. The fourth-order valence-corrected chi connectivity index (χ4v) is 2.03. The highest BCUT2D eigenvalue weighted by Gasteiger charge is 2.02. The number of benzene rings is 2. The smallest absolute Gasteiger partial charge is 0.133 e. The molecule has 0 saturated heterocycles. The van der Waals surface area contributed by atoms with Crippen LogP contribution in [0.4, 0.5) is 0 Å². The SMILES string of the molecule is c1ccc(Cc2nccc(-c3ccccc3)n2)cc1. The third kappa shape index (κ3) is 2.86. The summed E-state index contributed by atoms with van der Waals surface area (Å²) < 4.78 is 0. The number of hydrogen-bond donors (Lipinski definition) is 0. The highest BCUT2D eigenvalue weighted by molar-refractivity contribution is 5.58. The first-order valence-electron chi connectivity index (χ1n) is 6.33. The van der Waals surface area contributed by atoms with E-state index in [0.717, 1.165) is 23.5 Å². The van der Waals surface area contributed by atoms with Crippen LogP contribution in [0.25, 0.3) is 11.3 Å². The van der Waals surface area contributed by atoms with Crippen LogP contribution in [0, 0.1) is 0 Å². The summed E-state index contributed by atoms with van der Waals surface area (Å²) in [7, 11) is 0. The van der Waals surface area contributed by atoms with Gasteiger partial charge in [0, 0.05) is 18.2 Å². The normalized spacial score (nSPS) is 10.3. The summed E-state index contributed by atoms with van der Waals surface area (Å²) in [5.74, 6) is 0.854. The van der Waals surface area contributed by atoms with E-state index in [9.17, 15) is 0 Å². The summed E-state index contributed by atoms with van der Waals surface area (Å²) >= 11 is 0. The van der Waals surface area contributed by atoms with Crippen molar-refractivity contribution in [2.45, 2.75) is 6.42 Å². The van der Waals surface area contributed by atoms with Crippen LogP contribution in [-0.4, -0.2) is 9.97 Å². The quantitative estimate of drug-likeness (QED) is 0.703. The van der Waals surface area contributed by atoms with Crippen molar-refractivity contribution in [2.75, 3.05) is 0 Å². The van der Waals surface area contributed by atoms with Crippen molar-refractivity contribution in [3.8, 4) is 11.3 Å². The lowest BCUT2D eigenvalue weighted by molar-refractivity contribution is 0.972. The molecule has 19 heavy (non-hydrogen) atoms. The topological polar surface area (TPSA) is 25.8 Å². The average Bonchev–Trinajstić information content (AvgIpc) is 2.49. The molecule has 0 bridgehead atoms. The first kappa shape index (κ1) is 11.6. The maximum absolute atomic E-state index is 4.63. The molecule has 0 radical (unpaired) electrons. The van der Waals surface area contributed by atoms with Crippen LogP contribution < -0.4 is 0 Å². The minimum absolute atomic E-state index is 0.765. The van der Waals surface area contributed by atoms with Crippen LogP contribution in [0.2, 0.25) is 0 Å². The zero-order chi connectivity index (χ0) is 12.9. The summed E-state index contributed by atoms with van der Waals surface area (Å²) in [5.41, 5.74) is 3.33. The van der Waals surface area contributed by atoms with Gasteiger partial charge in [0.1, 0.15) is 5.82 Å². The van der Waals surface area contributed by atoms with Gasteiger partial charge < -0.3 is 0 Å². The molecule has 1 aromatic heterocycles. The fourth-order valence-electron chi connectivity index (χ4n) is 2.03. The van der Waals surface area contributed by atoms with Crippen molar-refractivity contribution in [1.82, 2.24) is 9.97 Å². The molecule has 2 heteroatoms. The van der Waals surface area contributed by atoms with Crippen molar-refractivity contribution in [3.63, 3.8) is 0 Å². The molecule has 0 atom stereocenters. The molecule has 0 unspecified atom stereocenters. The molecule has 2 nitrogen and oxygen atoms in total. The molecule has 0 aliphatic rings. The molecule has 2 aromatic carbocycles. The predicted octanol–water partition coefficient (Wildman–Crippen LogP) is 3.73. The minimum atomic E-state index is 0.765. The molecule has 0 aliphatic heterocycles. The summed E-state index contributed by atoms with van der Waals surface area (Å²) in [6.45, 7) is 0. The second-order valence-corrected chi connectivity index (χ2v) is 4.39. The van der Waals surface area contributed by atoms with E-state index in [0.29, 0.717) is 0 Å². The largest absolute Gasteiger partial charge is 0.241 e. The molecule has 0 N–H and O–H groups in total. The van der Waals surface area contributed by atoms with Gasteiger partial charge in [-0.15, -0.1) is 0 Å². The van der Waals surface area contributed by atoms with Gasteiger partial charge >= 0.3 is 0 Å². The van der Waals surface area contributed by atoms with Crippen LogP contribution in [-0.2, 0) is 6.42 Å². The van der Waals surface area contributed by atoms with Gasteiger partial charge in [0.25, 0.3) is 0 Å². The predicted molar refractivity (Wildman–Crippen MR) is 76.7 cm³/mol. The summed E-state index contributed by atoms with van der Waals surface area (Å²) in [4.78, 5) is 8.98. The highest BCUT2D eigenvalue weighted by Crippen LogP contribution is 2.16. The van der Waals surface area contributed by atoms with Crippen LogP contribution in [0.3, 0.4) is 0 Å². The Labute approximate surface area is 112 Å². The van der Waals surface area contributed by atoms with Crippen molar-refractivity contribution in [2.24, 2.45) is 0 Å². The van der Waals surface area contributed by atoms with E-state index in [1.165, 1.54) is 5.56 Å². The molecule has 0 fully saturated rings. The van der Waals surface area contributed by atoms with Gasteiger partial charge in [-0.25, -0.2) is 9.97 Å². The zero-order valence-electron chi connectivity index (χ0n) is 10.5. The van der Waals surface area contributed by atoms with Crippen molar-refractivity contribution >= 4 is 0 Å². The van der Waals surface area contributed by atoms with Gasteiger partial charge in [0.05, 0.1) is 5.69 Å². The Kier molecular flexibility index (Phi) is 3.32. The summed E-state index contributed by atoms with van der Waals surface area (Å²) in [6, 6.07) is 22.4. The van der Waals surface area contributed by atoms with Gasteiger partial charge in [-0.05, 0) is 11.6 Å². The number of nitrogens with zero attached hydrogens (tertiary/aromatic N) is 2. The lowest BCUT2D eigenvalue weighted by Gasteiger charge is -2.04. The molecule has 3 aromatic rings. The molecular weight excluding hydrogens is 232 g/mol. The summed E-state index contributed by atoms with van der Waals surface area (Å²) in [5, 5.41) is 0. The lowest BCUT2D eigenvalue weighted by atomic mass is 10.1. The lowest BCUT2D eigenvalue weighted by Crippen LogP contribution is -1.97. The Morgan fingerprint density at radius 2 is 1.42 bits per heavy atom. The summed E-state index contributed by atoms with van der Waals surface area (Å²) in [6.07, 6.45) is 2.59. The molecule has 0 aliphatic carbocycles. The third-order valence-electron chi connectivity index (χ3n) is 2.98. The second-order valence-electron chi connectivity index (χ2n) is 4.39. The van der Waals surface area contributed by atoms with Crippen molar-refractivity contribution in [3.05, 3.63) is 84.3 Å². The van der Waals surface area contributed by atoms with E-state index in [-0.39, 0.29) is 0 Å². The van der Waals surface area contributed by atoms with Gasteiger partial charge in [-0.1, -0.05) is 60.7 Å². The number of rotatable bonds is 3. The monoisotopic (exact) mass is 246 g/mol. The number of aromatic nitrogens is 2. The molecule has 0 amide bonds. The fraction of sp³-hybridized carbons (Fsp3) is 0.0588. The van der Waals surface area contributed by atoms with Gasteiger partial charge in [0.15, 0.2) is 0 Å². The molecule has 0 saturated carbocycles. The Morgan fingerprint density at radius 3 is 2.16 bits per heavy atom. The van der Waals surface area contributed by atoms with Gasteiger partial charge in [-0.3, -0.25) is 0 Å². The van der Waals surface area contributed by atoms with Crippen LogP contribution in [0.1, 0.15) is 11.4 Å². The van der Waals surface area contributed by atoms with Crippen LogP contribution >= 0.6 is 0 Å². The minimum Gasteiger partial charge on any atom is -0.241 e. The van der Waals surface area contributed by atoms with Crippen LogP contribution in [0.15, 0.2) is 72.9 Å². The Morgan fingerprint density at radius 1 is 0.737 bits per heavy atom. The maximum Gasteiger partial charge on any atom is 0.133 e. The van der Waals surface area contributed by atoms with Gasteiger partial charge in [-0.2, -0.15) is 0 Å². The second kappa shape index (κ2) is 5.44. The van der Waals surface area contributed by atoms with E-state index in [4.69, 9.17) is 0 Å². The molecule has 3 rings (SSSR count). The van der Waals surface area contributed by atoms with Crippen LogP contribution in [0.5, 0.6) is 0 Å². The van der Waals surface area contributed by atoms with E-state index >= 15 is 0 Å². The van der Waals surface area contributed by atoms with Crippen molar-refractivity contribution in [1.29, 1.82) is 0 Å². The first-order chi connectivity index (χ1) is 9.42. The number of hydrogen-bond acceptors (Lipinski definition) is 2. The van der Waals surface area contributed by atoms with E-state index in [2.05, 4.69) is 34.2 Å². The van der Waals surface area contributed by atoms with E-state index < -0.39 is 0 Å². The zero-order valence-corrected chi connectivity index (χ0v) is 10.5. The maximum atomic E-state index is 4.63. The average molecular weight is 246 g/mol. The molecule has 0 spiro atoms. The van der Waals surface area contributed by atoms with Gasteiger partial charge in [0.2, 0.25) is 0 Å². The van der Waals surface area contributed by atoms with Crippen molar-refractivity contribution < 1.29 is 0 Å². The molecule has 92 valence electrons. The Balaban J connectivity index is 1.89. The highest BCUT2D eigenvalue weighted by atomic mass is 14.9. The Hall–Kier alpha value is -2.48. The molecule has 1 heterocycles. The standard InChI is InChI=1S/C17H14N2/c1-3-7-14(8-4-1)13-17-18-12-11-16(19-17)15-9-5-2-6-10-15/h1-12H,13H2. The first-order valence-corrected chi connectivity index (χ1v) is 6.33. The molecular formula is C17H14N2. The third-order valence-corrected chi connectivity index (χ3v) is 2.98. The van der Waals surface area contributed by atoms with E-state index in [1.807, 2.05) is 48.7 Å².